The largest absolute Gasteiger partial charge is 0.493 e. The second kappa shape index (κ2) is 8.64. The van der Waals surface area contributed by atoms with Crippen LogP contribution in [0, 0.1) is 11.8 Å². The van der Waals surface area contributed by atoms with Crippen LogP contribution in [0.25, 0.3) is 0 Å². The number of sulfone groups is 1. The number of benzene rings is 1. The van der Waals surface area contributed by atoms with E-state index in [0.29, 0.717) is 30.4 Å². The Morgan fingerprint density at radius 2 is 2.00 bits per heavy atom. The summed E-state index contributed by atoms with van der Waals surface area (Å²) >= 11 is 0. The molecule has 3 aliphatic heterocycles. The van der Waals surface area contributed by atoms with Crippen LogP contribution in [0.4, 0.5) is 0 Å². The van der Waals surface area contributed by atoms with Gasteiger partial charge in [-0.15, -0.1) is 5.92 Å². The molecule has 0 saturated carbocycles. The average molecular weight is 429 g/mol. The summed E-state index contributed by atoms with van der Waals surface area (Å²) in [6, 6.07) is 7.22. The minimum atomic E-state index is -2.85. The lowest BCUT2D eigenvalue weighted by atomic mass is 9.98. The summed E-state index contributed by atoms with van der Waals surface area (Å²) in [6.07, 6.45) is 3.37. The number of nitrogens with zero attached hydrogens (tertiary/aromatic N) is 2. The fraction of sp³-hybridized carbons (Fsp3) is 0.583. The lowest BCUT2D eigenvalue weighted by molar-refractivity contribution is 0.192. The van der Waals surface area contributed by atoms with Gasteiger partial charge in [0.15, 0.2) is 0 Å². The van der Waals surface area contributed by atoms with Crippen molar-refractivity contribution >= 4 is 9.84 Å². The van der Waals surface area contributed by atoms with Crippen LogP contribution in [-0.2, 0) is 16.3 Å². The summed E-state index contributed by atoms with van der Waals surface area (Å²) in [6.45, 7) is 6.73. The molecule has 0 bridgehead atoms. The van der Waals surface area contributed by atoms with E-state index in [1.54, 1.807) is 0 Å². The molecule has 1 saturated heterocycles. The van der Waals surface area contributed by atoms with Crippen molar-refractivity contribution in [3.05, 3.63) is 40.6 Å². The van der Waals surface area contributed by atoms with Crippen LogP contribution in [0.15, 0.2) is 29.5 Å². The van der Waals surface area contributed by atoms with Crippen molar-refractivity contribution in [1.82, 2.24) is 9.80 Å². The van der Waals surface area contributed by atoms with Gasteiger partial charge in [-0.3, -0.25) is 4.90 Å². The highest BCUT2D eigenvalue weighted by Gasteiger charge is 2.31. The van der Waals surface area contributed by atoms with Gasteiger partial charge in [0.25, 0.3) is 0 Å². The van der Waals surface area contributed by atoms with Gasteiger partial charge in [-0.25, -0.2) is 8.42 Å². The maximum Gasteiger partial charge on any atom is 0.150 e. The topological polar surface area (TPSA) is 49.9 Å². The van der Waals surface area contributed by atoms with Gasteiger partial charge in [0, 0.05) is 56.3 Å². The number of fused-ring (bicyclic) bond motifs is 1. The second-order valence-electron chi connectivity index (χ2n) is 8.66. The summed E-state index contributed by atoms with van der Waals surface area (Å²) in [5.74, 6) is 8.08. The van der Waals surface area contributed by atoms with E-state index in [0.717, 1.165) is 38.3 Å². The molecule has 162 valence electrons. The maximum absolute atomic E-state index is 11.8. The van der Waals surface area contributed by atoms with Crippen LogP contribution < -0.4 is 4.74 Å². The zero-order valence-electron chi connectivity index (χ0n) is 18.3. The van der Waals surface area contributed by atoms with Crippen molar-refractivity contribution in [3.8, 4) is 17.6 Å². The molecular formula is C24H32N2O3S. The molecular weight excluding hydrogens is 396 g/mol. The Kier molecular flexibility index (Phi) is 6.13. The summed E-state index contributed by atoms with van der Waals surface area (Å²) in [5, 5.41) is 0. The van der Waals surface area contributed by atoms with E-state index in [4.69, 9.17) is 4.74 Å². The van der Waals surface area contributed by atoms with Crippen LogP contribution in [0.5, 0.6) is 5.75 Å². The van der Waals surface area contributed by atoms with Gasteiger partial charge >= 0.3 is 0 Å². The summed E-state index contributed by atoms with van der Waals surface area (Å²) in [5.41, 5.74) is 5.05. The van der Waals surface area contributed by atoms with Crippen LogP contribution in [-0.4, -0.2) is 62.5 Å². The Hall–Kier alpha value is -1.97. The molecule has 1 atom stereocenters. The molecule has 0 amide bonds. The summed E-state index contributed by atoms with van der Waals surface area (Å²) in [7, 11) is -0.731. The van der Waals surface area contributed by atoms with Crippen LogP contribution in [0.3, 0.4) is 0 Å². The third-order valence-corrected chi connectivity index (χ3v) is 8.58. The normalized spacial score (nSPS) is 22.6. The first kappa shape index (κ1) is 21.3. The van der Waals surface area contributed by atoms with Gasteiger partial charge in [-0.1, -0.05) is 18.1 Å². The number of hydrogen-bond acceptors (Lipinski definition) is 5. The first-order chi connectivity index (χ1) is 14.4. The summed E-state index contributed by atoms with van der Waals surface area (Å²) in [4.78, 5) is 4.80. The quantitative estimate of drug-likeness (QED) is 0.690. The minimum absolute atomic E-state index is 0.287. The van der Waals surface area contributed by atoms with Crippen molar-refractivity contribution in [2.75, 3.05) is 38.2 Å². The molecule has 1 unspecified atom stereocenters. The van der Waals surface area contributed by atoms with Crippen molar-refractivity contribution in [2.45, 2.75) is 51.6 Å². The smallest absolute Gasteiger partial charge is 0.150 e. The van der Waals surface area contributed by atoms with Crippen molar-refractivity contribution in [3.63, 3.8) is 0 Å². The van der Waals surface area contributed by atoms with Gasteiger partial charge in [0.1, 0.15) is 15.6 Å². The Balaban J connectivity index is 1.51. The van der Waals surface area contributed by atoms with Gasteiger partial charge in [0.2, 0.25) is 0 Å². The monoisotopic (exact) mass is 428 g/mol. The fourth-order valence-corrected chi connectivity index (χ4v) is 6.36. The molecule has 3 aliphatic rings. The Morgan fingerprint density at radius 3 is 2.73 bits per heavy atom. The molecule has 1 aromatic rings. The Bertz CT molecular complexity index is 989. The lowest BCUT2D eigenvalue weighted by Gasteiger charge is -2.40. The van der Waals surface area contributed by atoms with E-state index < -0.39 is 9.84 Å². The zero-order valence-corrected chi connectivity index (χ0v) is 19.1. The van der Waals surface area contributed by atoms with Gasteiger partial charge in [-0.2, -0.15) is 0 Å². The Morgan fingerprint density at radius 1 is 1.23 bits per heavy atom. The lowest BCUT2D eigenvalue weighted by Crippen LogP contribution is -2.42. The first-order valence-corrected chi connectivity index (χ1v) is 12.8. The molecule has 0 aliphatic carbocycles. The third-order valence-electron chi connectivity index (χ3n) is 6.87. The number of rotatable bonds is 4. The predicted molar refractivity (Wildman–Crippen MR) is 120 cm³/mol. The van der Waals surface area contributed by atoms with Crippen LogP contribution >= 0.6 is 0 Å². The average Bonchev–Trinajstić information content (AvgIpc) is 3.21. The van der Waals surface area contributed by atoms with E-state index >= 15 is 0 Å². The standard InChI is InChI=1S/C24H32N2O3S/c1-4-5-21-17-26(18(2)20-7-6-19-9-13-29-24(19)16-20)12-8-23(21)25(3)22-10-14-30(27,28)15-11-22/h6-7,16,18,22H,8-15,17H2,1-3H3. The first-order valence-electron chi connectivity index (χ1n) is 11.0. The van der Waals surface area contributed by atoms with Crippen LogP contribution in [0.1, 0.15) is 50.3 Å². The highest BCUT2D eigenvalue weighted by molar-refractivity contribution is 7.91. The van der Waals surface area contributed by atoms with Gasteiger partial charge in [-0.05, 0) is 43.9 Å². The third kappa shape index (κ3) is 4.38. The van der Waals surface area contributed by atoms with E-state index in [1.165, 1.54) is 22.4 Å². The molecule has 1 fully saturated rings. The van der Waals surface area contributed by atoms with Gasteiger partial charge in [0.05, 0.1) is 18.1 Å². The van der Waals surface area contributed by atoms with Crippen LogP contribution in [0.2, 0.25) is 0 Å². The molecule has 0 spiro atoms. The predicted octanol–water partition coefficient (Wildman–Crippen LogP) is 3.17. The fourth-order valence-electron chi connectivity index (χ4n) is 4.90. The van der Waals surface area contributed by atoms with E-state index in [1.807, 2.05) is 6.92 Å². The van der Waals surface area contributed by atoms with Crippen molar-refractivity contribution in [1.29, 1.82) is 0 Å². The molecule has 30 heavy (non-hydrogen) atoms. The van der Waals surface area contributed by atoms with E-state index in [9.17, 15) is 8.42 Å². The molecule has 3 heterocycles. The van der Waals surface area contributed by atoms with Gasteiger partial charge < -0.3 is 9.64 Å². The van der Waals surface area contributed by atoms with Crippen molar-refractivity contribution < 1.29 is 13.2 Å². The second-order valence-corrected chi connectivity index (χ2v) is 11.0. The maximum atomic E-state index is 11.8. The molecule has 5 nitrogen and oxygen atoms in total. The van der Waals surface area contributed by atoms with E-state index in [-0.39, 0.29) is 6.04 Å². The molecule has 0 aromatic heterocycles. The van der Waals surface area contributed by atoms with E-state index in [2.05, 4.69) is 53.8 Å². The number of ether oxygens (including phenoxy) is 1. The molecule has 1 aromatic carbocycles. The summed E-state index contributed by atoms with van der Waals surface area (Å²) < 4.78 is 29.4. The highest BCUT2D eigenvalue weighted by Crippen LogP contribution is 2.34. The Labute approximate surface area is 181 Å². The SMILES string of the molecule is CC#CC1=C(N(C)C2CCS(=O)(=O)CC2)CCN(C(C)c2ccc3c(c2)OCC3)C1. The zero-order chi connectivity index (χ0) is 21.3. The molecule has 6 heteroatoms. The minimum Gasteiger partial charge on any atom is -0.493 e. The highest BCUT2D eigenvalue weighted by atomic mass is 32.2. The molecule has 0 radical (unpaired) electrons. The molecule has 0 N–H and O–H groups in total. The van der Waals surface area contributed by atoms with Crippen molar-refractivity contribution in [2.24, 2.45) is 0 Å². The molecule has 4 rings (SSSR count). The number of hydrogen-bond donors (Lipinski definition) is 0.